The van der Waals surface area contributed by atoms with Gasteiger partial charge in [0.2, 0.25) is 0 Å². The summed E-state index contributed by atoms with van der Waals surface area (Å²) in [5, 5.41) is 8.56. The molecule has 0 aromatic rings. The van der Waals surface area contributed by atoms with Crippen LogP contribution in [0, 0.1) is 17.8 Å². The van der Waals surface area contributed by atoms with Crippen molar-refractivity contribution in [2.45, 2.75) is 91.1 Å². The third-order valence-electron chi connectivity index (χ3n) is 5.02. The molecule has 1 aliphatic rings. The molecule has 0 spiro atoms. The van der Waals surface area contributed by atoms with Crippen molar-refractivity contribution in [3.8, 4) is 0 Å². The average molecular weight is 326 g/mol. The van der Waals surface area contributed by atoms with E-state index in [0.717, 1.165) is 38.5 Å². The minimum Gasteiger partial charge on any atom is -0.481 e. The van der Waals surface area contributed by atoms with E-state index in [9.17, 15) is 9.59 Å². The van der Waals surface area contributed by atoms with Gasteiger partial charge < -0.3 is 9.84 Å². The van der Waals surface area contributed by atoms with Crippen molar-refractivity contribution in [1.29, 1.82) is 0 Å². The van der Waals surface area contributed by atoms with Gasteiger partial charge in [0.05, 0.1) is 0 Å². The number of rotatable bonds is 10. The van der Waals surface area contributed by atoms with Crippen LogP contribution < -0.4 is 0 Å². The minimum absolute atomic E-state index is 0.0553. The minimum atomic E-state index is -0.727. The van der Waals surface area contributed by atoms with Gasteiger partial charge in [0.25, 0.3) is 0 Å². The van der Waals surface area contributed by atoms with Crippen molar-refractivity contribution in [2.75, 3.05) is 0 Å². The van der Waals surface area contributed by atoms with E-state index < -0.39 is 5.97 Å². The maximum Gasteiger partial charge on any atom is 0.306 e. The van der Waals surface area contributed by atoms with Crippen molar-refractivity contribution in [3.05, 3.63) is 0 Å². The Morgan fingerprint density at radius 3 is 2.26 bits per heavy atom. The number of hydrogen-bond acceptors (Lipinski definition) is 3. The smallest absolute Gasteiger partial charge is 0.306 e. The molecule has 134 valence electrons. The van der Waals surface area contributed by atoms with Crippen LogP contribution in [0.2, 0.25) is 0 Å². The van der Waals surface area contributed by atoms with E-state index in [2.05, 4.69) is 20.8 Å². The zero-order chi connectivity index (χ0) is 17.2. The molecule has 4 nitrogen and oxygen atoms in total. The van der Waals surface area contributed by atoms with Crippen LogP contribution in [0.3, 0.4) is 0 Å². The average Bonchev–Trinajstić information content (AvgIpc) is 2.45. The molecule has 23 heavy (non-hydrogen) atoms. The molecule has 0 aromatic heterocycles. The first-order chi connectivity index (χ1) is 10.9. The molecule has 1 fully saturated rings. The molecule has 1 aliphatic carbocycles. The summed E-state index contributed by atoms with van der Waals surface area (Å²) >= 11 is 0. The highest BCUT2D eigenvalue weighted by molar-refractivity contribution is 5.69. The summed E-state index contributed by atoms with van der Waals surface area (Å²) < 4.78 is 5.78. The maximum atomic E-state index is 12.1. The topological polar surface area (TPSA) is 63.6 Å². The number of carbonyl (C=O) groups is 2. The quantitative estimate of drug-likeness (QED) is 0.462. The number of unbranched alkanes of at least 4 members (excludes halogenated alkanes) is 4. The van der Waals surface area contributed by atoms with Crippen LogP contribution in [0.15, 0.2) is 0 Å². The van der Waals surface area contributed by atoms with Gasteiger partial charge in [0.1, 0.15) is 6.10 Å². The lowest BCUT2D eigenvalue weighted by atomic mass is 9.75. The lowest BCUT2D eigenvalue weighted by molar-refractivity contribution is -0.156. The summed E-state index contributed by atoms with van der Waals surface area (Å²) in [5.74, 6) is 0.938. The molecule has 0 bridgehead atoms. The predicted molar refractivity (Wildman–Crippen MR) is 91.2 cm³/mol. The normalized spacial score (nSPS) is 24.6. The van der Waals surface area contributed by atoms with Gasteiger partial charge in [-0.2, -0.15) is 0 Å². The number of carboxylic acids is 1. The predicted octanol–water partition coefficient (Wildman–Crippen LogP) is 4.81. The van der Waals surface area contributed by atoms with Crippen molar-refractivity contribution in [2.24, 2.45) is 17.8 Å². The Bertz CT molecular complexity index is 364. The molecule has 1 N–H and O–H groups in total. The van der Waals surface area contributed by atoms with Crippen molar-refractivity contribution < 1.29 is 19.4 Å². The van der Waals surface area contributed by atoms with Gasteiger partial charge in [-0.25, -0.2) is 0 Å². The molecular weight excluding hydrogens is 292 g/mol. The van der Waals surface area contributed by atoms with E-state index in [1.54, 1.807) is 0 Å². The second-order valence-electron chi connectivity index (χ2n) is 7.52. The summed E-state index contributed by atoms with van der Waals surface area (Å²) in [4.78, 5) is 22.5. The Morgan fingerprint density at radius 2 is 1.65 bits per heavy atom. The summed E-state index contributed by atoms with van der Waals surface area (Å²) in [6, 6.07) is 0. The highest BCUT2D eigenvalue weighted by Gasteiger charge is 2.33. The first-order valence-corrected chi connectivity index (χ1v) is 9.31. The Balaban J connectivity index is 2.18. The molecule has 1 saturated carbocycles. The zero-order valence-electron chi connectivity index (χ0n) is 15.1. The largest absolute Gasteiger partial charge is 0.481 e. The Morgan fingerprint density at radius 1 is 1.04 bits per heavy atom. The number of carboxylic acid groups (broad SMARTS) is 1. The molecule has 4 heteroatoms. The van der Waals surface area contributed by atoms with Gasteiger partial charge in [-0.1, -0.05) is 46.5 Å². The molecular formula is C19H34O4. The van der Waals surface area contributed by atoms with E-state index >= 15 is 0 Å². The molecule has 0 unspecified atom stereocenters. The van der Waals surface area contributed by atoms with Crippen LogP contribution in [-0.4, -0.2) is 23.1 Å². The van der Waals surface area contributed by atoms with E-state index in [0.29, 0.717) is 24.2 Å². The van der Waals surface area contributed by atoms with Crippen LogP contribution in [0.1, 0.15) is 85.0 Å². The maximum absolute atomic E-state index is 12.1. The van der Waals surface area contributed by atoms with Crippen LogP contribution in [0.5, 0.6) is 0 Å². The van der Waals surface area contributed by atoms with Gasteiger partial charge >= 0.3 is 11.9 Å². The first-order valence-electron chi connectivity index (χ1n) is 9.31. The van der Waals surface area contributed by atoms with Crippen LogP contribution in [0.4, 0.5) is 0 Å². The summed E-state index contributed by atoms with van der Waals surface area (Å²) in [7, 11) is 0. The van der Waals surface area contributed by atoms with Crippen molar-refractivity contribution >= 4 is 11.9 Å². The van der Waals surface area contributed by atoms with Crippen LogP contribution in [0.25, 0.3) is 0 Å². The second-order valence-corrected chi connectivity index (χ2v) is 7.52. The standard InChI is InChI=1S/C19H34O4/c1-14(2)16-12-11-15(3)13-17(16)23-19(22)10-8-6-4-5-7-9-18(20)21/h14-17H,4-13H2,1-3H3,(H,20,21)/t15-,16+,17-/m1/s1. The fraction of sp³-hybridized carbons (Fsp3) is 0.895. The van der Waals surface area contributed by atoms with E-state index in [-0.39, 0.29) is 18.5 Å². The third kappa shape index (κ3) is 8.38. The monoisotopic (exact) mass is 326 g/mol. The molecule has 0 amide bonds. The fourth-order valence-electron chi connectivity index (χ4n) is 3.55. The highest BCUT2D eigenvalue weighted by Crippen LogP contribution is 2.35. The number of aliphatic carboxylic acids is 1. The van der Waals surface area contributed by atoms with Gasteiger partial charge in [0, 0.05) is 12.8 Å². The third-order valence-corrected chi connectivity index (χ3v) is 5.02. The van der Waals surface area contributed by atoms with Gasteiger partial charge in [-0.05, 0) is 43.4 Å². The number of ether oxygens (including phenoxy) is 1. The lowest BCUT2D eigenvalue weighted by Gasteiger charge is -2.36. The number of hydrogen-bond donors (Lipinski definition) is 1. The van der Waals surface area contributed by atoms with E-state index in [1.165, 1.54) is 12.8 Å². The lowest BCUT2D eigenvalue weighted by Crippen LogP contribution is -2.35. The summed E-state index contributed by atoms with van der Waals surface area (Å²) in [6.45, 7) is 6.69. The van der Waals surface area contributed by atoms with Gasteiger partial charge in [-0.3, -0.25) is 9.59 Å². The molecule has 0 aromatic carbocycles. The van der Waals surface area contributed by atoms with E-state index in [1.807, 2.05) is 0 Å². The first kappa shape index (κ1) is 20.0. The fourth-order valence-corrected chi connectivity index (χ4v) is 3.55. The highest BCUT2D eigenvalue weighted by atomic mass is 16.5. The second kappa shape index (κ2) is 10.7. The molecule has 3 atom stereocenters. The van der Waals surface area contributed by atoms with Crippen LogP contribution in [-0.2, 0) is 14.3 Å². The Kier molecular flexibility index (Phi) is 9.27. The Hall–Kier alpha value is -1.06. The molecule has 0 aliphatic heterocycles. The van der Waals surface area contributed by atoms with E-state index in [4.69, 9.17) is 9.84 Å². The molecule has 0 radical (unpaired) electrons. The van der Waals surface area contributed by atoms with Gasteiger partial charge in [0.15, 0.2) is 0 Å². The van der Waals surface area contributed by atoms with Crippen LogP contribution >= 0.6 is 0 Å². The molecule has 1 rings (SSSR count). The summed E-state index contributed by atoms with van der Waals surface area (Å²) in [6.07, 6.45) is 8.73. The molecule has 0 saturated heterocycles. The van der Waals surface area contributed by atoms with Crippen molar-refractivity contribution in [3.63, 3.8) is 0 Å². The zero-order valence-corrected chi connectivity index (χ0v) is 15.1. The van der Waals surface area contributed by atoms with Gasteiger partial charge in [-0.15, -0.1) is 0 Å². The number of esters is 1. The SMILES string of the molecule is CC(C)[C@@H]1CC[C@@H](C)C[C@H]1OC(=O)CCCCCCCC(=O)O. The Labute approximate surface area is 141 Å². The summed E-state index contributed by atoms with van der Waals surface area (Å²) in [5.41, 5.74) is 0. The number of carbonyl (C=O) groups excluding carboxylic acids is 1. The van der Waals surface area contributed by atoms with Crippen molar-refractivity contribution in [1.82, 2.24) is 0 Å². The molecule has 0 heterocycles.